The molecule has 138 valence electrons. The summed E-state index contributed by atoms with van der Waals surface area (Å²) >= 11 is 1.50. The predicted molar refractivity (Wildman–Crippen MR) is 99.2 cm³/mol. The van der Waals surface area contributed by atoms with Crippen LogP contribution in [-0.4, -0.2) is 62.0 Å². The van der Waals surface area contributed by atoms with Gasteiger partial charge in [0, 0.05) is 30.9 Å². The Kier molecular flexibility index (Phi) is 5.26. The molecule has 1 aliphatic rings. The number of carbonyl (C=O) groups excluding carboxylic acids is 1. The molecule has 0 radical (unpaired) electrons. The summed E-state index contributed by atoms with van der Waals surface area (Å²) in [5.41, 5.74) is 1.92. The molecule has 0 unspecified atom stereocenters. The van der Waals surface area contributed by atoms with E-state index in [0.717, 1.165) is 16.4 Å². The molecule has 27 heavy (non-hydrogen) atoms. The number of thiazole rings is 1. The van der Waals surface area contributed by atoms with Crippen LogP contribution in [0.15, 0.2) is 36.4 Å². The van der Waals surface area contributed by atoms with Crippen molar-refractivity contribution in [1.29, 1.82) is 0 Å². The number of morpholine rings is 1. The molecule has 0 spiro atoms. The molecular formula is C17H17N7O2S. The van der Waals surface area contributed by atoms with Crippen LogP contribution < -0.4 is 5.32 Å². The van der Waals surface area contributed by atoms with Crippen molar-refractivity contribution in [3.8, 4) is 10.7 Å². The van der Waals surface area contributed by atoms with Crippen LogP contribution in [0.25, 0.3) is 10.7 Å². The maximum atomic E-state index is 12.5. The van der Waals surface area contributed by atoms with Gasteiger partial charge in [0.05, 0.1) is 44.0 Å². The summed E-state index contributed by atoms with van der Waals surface area (Å²) < 4.78 is 5.27. The minimum atomic E-state index is -0.131. The highest BCUT2D eigenvalue weighted by Crippen LogP contribution is 2.21. The second-order valence-corrected chi connectivity index (χ2v) is 6.64. The van der Waals surface area contributed by atoms with E-state index in [1.165, 1.54) is 17.5 Å². The van der Waals surface area contributed by atoms with Crippen LogP contribution in [0.2, 0.25) is 0 Å². The molecule has 3 aromatic heterocycles. The zero-order valence-corrected chi connectivity index (χ0v) is 15.2. The number of hydrogen-bond donors (Lipinski definition) is 1. The summed E-state index contributed by atoms with van der Waals surface area (Å²) in [6.07, 6.45) is 8.02. The van der Waals surface area contributed by atoms with Crippen LogP contribution in [0.4, 0.5) is 5.82 Å². The molecule has 1 N–H and O–H groups in total. The number of nitrogens with zero attached hydrogens (tertiary/aromatic N) is 6. The van der Waals surface area contributed by atoms with Crippen molar-refractivity contribution in [2.75, 3.05) is 31.6 Å². The number of anilines is 1. The second-order valence-electron chi connectivity index (χ2n) is 5.78. The third kappa shape index (κ3) is 4.23. The van der Waals surface area contributed by atoms with Gasteiger partial charge < -0.3 is 15.0 Å². The van der Waals surface area contributed by atoms with Gasteiger partial charge in [0.15, 0.2) is 0 Å². The fourth-order valence-corrected chi connectivity index (χ4v) is 3.36. The smallest absolute Gasteiger partial charge is 0.274 e. The van der Waals surface area contributed by atoms with Crippen LogP contribution in [-0.2, 0) is 11.3 Å². The number of aromatic nitrogens is 5. The molecule has 10 heteroatoms. The molecule has 0 bridgehead atoms. The lowest BCUT2D eigenvalue weighted by molar-refractivity contribution is 0.0299. The van der Waals surface area contributed by atoms with Gasteiger partial charge in [-0.3, -0.25) is 19.7 Å². The zero-order chi connectivity index (χ0) is 18.5. The number of rotatable bonds is 5. The molecule has 9 nitrogen and oxygen atoms in total. The Morgan fingerprint density at radius 3 is 2.85 bits per heavy atom. The van der Waals surface area contributed by atoms with Crippen molar-refractivity contribution in [3.63, 3.8) is 0 Å². The standard InChI is InChI=1S/C17H17N7O2S/c25-17(24-3-5-26-6-4-24)14-9-19-10-15(23-14)21-7-12-11-27-16(22-12)13-8-18-1-2-20-13/h1-2,8-11H,3-7H2,(H,21,23). The topological polar surface area (TPSA) is 106 Å². The number of hydrogen-bond acceptors (Lipinski definition) is 9. The van der Waals surface area contributed by atoms with Gasteiger partial charge in [-0.1, -0.05) is 0 Å². The lowest BCUT2D eigenvalue weighted by atomic mass is 10.3. The number of ether oxygens (including phenoxy) is 1. The van der Waals surface area contributed by atoms with Crippen molar-refractivity contribution < 1.29 is 9.53 Å². The fourth-order valence-electron chi connectivity index (χ4n) is 2.58. The Labute approximate surface area is 159 Å². The van der Waals surface area contributed by atoms with Gasteiger partial charge in [0.25, 0.3) is 5.91 Å². The average Bonchev–Trinajstić information content (AvgIpc) is 3.22. The van der Waals surface area contributed by atoms with E-state index < -0.39 is 0 Å². The van der Waals surface area contributed by atoms with E-state index in [1.807, 2.05) is 5.38 Å². The highest BCUT2D eigenvalue weighted by atomic mass is 32.1. The van der Waals surface area contributed by atoms with Gasteiger partial charge in [0.1, 0.15) is 22.2 Å². The van der Waals surface area contributed by atoms with E-state index in [9.17, 15) is 4.79 Å². The average molecular weight is 383 g/mol. The predicted octanol–water partition coefficient (Wildman–Crippen LogP) is 1.47. The van der Waals surface area contributed by atoms with E-state index >= 15 is 0 Å². The largest absolute Gasteiger partial charge is 0.378 e. The van der Waals surface area contributed by atoms with Crippen LogP contribution >= 0.6 is 11.3 Å². The molecule has 0 saturated carbocycles. The van der Waals surface area contributed by atoms with E-state index in [-0.39, 0.29) is 5.91 Å². The number of nitrogens with one attached hydrogen (secondary N) is 1. The van der Waals surface area contributed by atoms with Gasteiger partial charge in [-0.2, -0.15) is 0 Å². The highest BCUT2D eigenvalue weighted by molar-refractivity contribution is 7.13. The first-order valence-electron chi connectivity index (χ1n) is 8.43. The van der Waals surface area contributed by atoms with Gasteiger partial charge in [-0.15, -0.1) is 11.3 Å². The van der Waals surface area contributed by atoms with Crippen molar-refractivity contribution in [2.24, 2.45) is 0 Å². The second kappa shape index (κ2) is 8.14. The molecule has 0 atom stereocenters. The minimum absolute atomic E-state index is 0.131. The van der Waals surface area contributed by atoms with Crippen LogP contribution in [0.5, 0.6) is 0 Å². The molecule has 1 fully saturated rings. The molecule has 4 rings (SSSR count). The zero-order valence-electron chi connectivity index (χ0n) is 14.4. The highest BCUT2D eigenvalue weighted by Gasteiger charge is 2.20. The van der Waals surface area contributed by atoms with Crippen LogP contribution in [0.1, 0.15) is 16.2 Å². The lowest BCUT2D eigenvalue weighted by Crippen LogP contribution is -2.41. The molecule has 1 aliphatic heterocycles. The Balaban J connectivity index is 1.40. The lowest BCUT2D eigenvalue weighted by Gasteiger charge is -2.26. The van der Waals surface area contributed by atoms with Crippen molar-refractivity contribution in [2.45, 2.75) is 6.54 Å². The number of carbonyl (C=O) groups is 1. The maximum absolute atomic E-state index is 12.5. The summed E-state index contributed by atoms with van der Waals surface area (Å²) in [7, 11) is 0. The summed E-state index contributed by atoms with van der Waals surface area (Å²) in [6, 6.07) is 0. The van der Waals surface area contributed by atoms with Crippen molar-refractivity contribution in [1.82, 2.24) is 29.8 Å². The van der Waals surface area contributed by atoms with Crippen LogP contribution in [0.3, 0.4) is 0 Å². The van der Waals surface area contributed by atoms with Crippen LogP contribution in [0, 0.1) is 0 Å². The van der Waals surface area contributed by atoms with Gasteiger partial charge in [0.2, 0.25) is 0 Å². The normalized spacial score (nSPS) is 14.1. The summed E-state index contributed by atoms with van der Waals surface area (Å²) in [5, 5.41) is 5.92. The third-order valence-electron chi connectivity index (χ3n) is 3.94. The van der Waals surface area contributed by atoms with E-state index in [1.54, 1.807) is 29.7 Å². The molecular weight excluding hydrogens is 366 g/mol. The van der Waals surface area contributed by atoms with Gasteiger partial charge >= 0.3 is 0 Å². The third-order valence-corrected chi connectivity index (χ3v) is 4.85. The Morgan fingerprint density at radius 2 is 2.04 bits per heavy atom. The Morgan fingerprint density at radius 1 is 1.15 bits per heavy atom. The van der Waals surface area contributed by atoms with Crippen molar-refractivity contribution >= 4 is 23.1 Å². The van der Waals surface area contributed by atoms with Gasteiger partial charge in [-0.05, 0) is 0 Å². The Hall–Kier alpha value is -2.98. The molecule has 0 aromatic carbocycles. The van der Waals surface area contributed by atoms with E-state index in [0.29, 0.717) is 44.4 Å². The Bertz CT molecular complexity index is 912. The summed E-state index contributed by atoms with van der Waals surface area (Å²) in [6.45, 7) is 2.72. The molecule has 3 aromatic rings. The fraction of sp³-hybridized carbons (Fsp3) is 0.294. The molecule has 4 heterocycles. The first-order chi connectivity index (χ1) is 13.3. The SMILES string of the molecule is O=C(c1cncc(NCc2csc(-c3cnccn3)n2)n1)N1CCOCC1. The minimum Gasteiger partial charge on any atom is -0.378 e. The first-order valence-corrected chi connectivity index (χ1v) is 9.31. The molecule has 0 aliphatic carbocycles. The monoisotopic (exact) mass is 383 g/mol. The number of amides is 1. The van der Waals surface area contributed by atoms with E-state index in [2.05, 4.69) is 30.2 Å². The van der Waals surface area contributed by atoms with Gasteiger partial charge in [-0.25, -0.2) is 9.97 Å². The molecule has 1 amide bonds. The molecule has 1 saturated heterocycles. The van der Waals surface area contributed by atoms with E-state index in [4.69, 9.17) is 4.74 Å². The first kappa shape index (κ1) is 17.4. The quantitative estimate of drug-likeness (QED) is 0.706. The van der Waals surface area contributed by atoms with Crippen molar-refractivity contribution in [3.05, 3.63) is 47.8 Å². The summed E-state index contributed by atoms with van der Waals surface area (Å²) in [4.78, 5) is 35.6. The summed E-state index contributed by atoms with van der Waals surface area (Å²) in [5.74, 6) is 0.399. The maximum Gasteiger partial charge on any atom is 0.274 e.